The summed E-state index contributed by atoms with van der Waals surface area (Å²) in [5.74, 6) is -0.180. The van der Waals surface area contributed by atoms with Gasteiger partial charge < -0.3 is 9.80 Å². The number of amides is 2. The van der Waals surface area contributed by atoms with Gasteiger partial charge in [-0.15, -0.1) is 0 Å². The van der Waals surface area contributed by atoms with E-state index in [4.69, 9.17) is 0 Å². The van der Waals surface area contributed by atoms with Crippen LogP contribution < -0.4 is 5.43 Å². The SMILES string of the molecule is CCCN(CCN(C)C)C(=O)C1=NNC(=O)CC1. The van der Waals surface area contributed by atoms with Crippen LogP contribution in [-0.2, 0) is 9.59 Å². The van der Waals surface area contributed by atoms with Crippen molar-refractivity contribution >= 4 is 17.5 Å². The summed E-state index contributed by atoms with van der Waals surface area (Å²) in [4.78, 5) is 27.1. The molecule has 1 aliphatic heterocycles. The van der Waals surface area contributed by atoms with Gasteiger partial charge in [0.25, 0.3) is 5.91 Å². The average Bonchev–Trinajstić information content (AvgIpc) is 2.34. The van der Waals surface area contributed by atoms with E-state index in [1.807, 2.05) is 25.9 Å². The van der Waals surface area contributed by atoms with Gasteiger partial charge in [0.2, 0.25) is 5.91 Å². The highest BCUT2D eigenvalue weighted by molar-refractivity contribution is 6.39. The zero-order valence-electron chi connectivity index (χ0n) is 11.4. The Bertz CT molecular complexity index is 339. The number of carbonyl (C=O) groups is 2. The third-order valence-electron chi connectivity index (χ3n) is 2.75. The molecule has 0 bridgehead atoms. The first-order valence-corrected chi connectivity index (χ1v) is 6.34. The number of nitrogens with zero attached hydrogens (tertiary/aromatic N) is 3. The van der Waals surface area contributed by atoms with Crippen molar-refractivity contribution in [3.8, 4) is 0 Å². The van der Waals surface area contributed by atoms with E-state index < -0.39 is 0 Å². The van der Waals surface area contributed by atoms with E-state index >= 15 is 0 Å². The molecule has 0 spiro atoms. The van der Waals surface area contributed by atoms with Gasteiger partial charge in [0.1, 0.15) is 5.71 Å². The molecule has 0 aliphatic carbocycles. The minimum Gasteiger partial charge on any atom is -0.336 e. The molecule has 0 aromatic rings. The van der Waals surface area contributed by atoms with Gasteiger partial charge in [-0.2, -0.15) is 5.10 Å². The van der Waals surface area contributed by atoms with Crippen LogP contribution in [0.4, 0.5) is 0 Å². The van der Waals surface area contributed by atoms with Crippen LogP contribution in [0.1, 0.15) is 26.2 Å². The van der Waals surface area contributed by atoms with Gasteiger partial charge in [0, 0.05) is 32.5 Å². The second kappa shape index (κ2) is 7.10. The molecule has 6 heteroatoms. The Labute approximate surface area is 108 Å². The lowest BCUT2D eigenvalue weighted by Gasteiger charge is -2.25. The molecular formula is C12H22N4O2. The largest absolute Gasteiger partial charge is 0.336 e. The van der Waals surface area contributed by atoms with E-state index in [0.29, 0.717) is 25.1 Å². The number of hydrogen-bond acceptors (Lipinski definition) is 4. The fourth-order valence-electron chi connectivity index (χ4n) is 1.72. The second-order valence-electron chi connectivity index (χ2n) is 4.69. The first kappa shape index (κ1) is 14.6. The quantitative estimate of drug-likeness (QED) is 0.728. The molecule has 0 radical (unpaired) electrons. The molecule has 102 valence electrons. The summed E-state index contributed by atoms with van der Waals surface area (Å²) in [6.45, 7) is 4.28. The molecule has 18 heavy (non-hydrogen) atoms. The Morgan fingerprint density at radius 2 is 2.00 bits per heavy atom. The molecule has 0 saturated carbocycles. The monoisotopic (exact) mass is 254 g/mol. The van der Waals surface area contributed by atoms with E-state index in [-0.39, 0.29) is 11.8 Å². The number of likely N-dealkylation sites (N-methyl/N-ethyl adjacent to an activating group) is 1. The number of rotatable bonds is 6. The average molecular weight is 254 g/mol. The van der Waals surface area contributed by atoms with E-state index in [9.17, 15) is 9.59 Å². The predicted octanol–water partition coefficient (Wildman–Crippen LogP) is 0.0526. The third kappa shape index (κ3) is 4.44. The summed E-state index contributed by atoms with van der Waals surface area (Å²) < 4.78 is 0. The van der Waals surface area contributed by atoms with Crippen molar-refractivity contribution < 1.29 is 9.59 Å². The van der Waals surface area contributed by atoms with Crippen molar-refractivity contribution in [3.05, 3.63) is 0 Å². The van der Waals surface area contributed by atoms with E-state index in [1.165, 1.54) is 0 Å². The van der Waals surface area contributed by atoms with E-state index in [0.717, 1.165) is 19.5 Å². The number of carbonyl (C=O) groups excluding carboxylic acids is 2. The van der Waals surface area contributed by atoms with Crippen LogP contribution in [0.5, 0.6) is 0 Å². The summed E-state index contributed by atoms with van der Waals surface area (Å²) in [6.07, 6.45) is 1.70. The lowest BCUT2D eigenvalue weighted by molar-refractivity contribution is -0.124. The van der Waals surface area contributed by atoms with Crippen LogP contribution in [0.15, 0.2) is 5.10 Å². The Hall–Kier alpha value is -1.43. The van der Waals surface area contributed by atoms with Crippen molar-refractivity contribution in [3.63, 3.8) is 0 Å². The normalized spacial score (nSPS) is 15.3. The molecule has 1 N–H and O–H groups in total. The van der Waals surface area contributed by atoms with Crippen LogP contribution in [0, 0.1) is 0 Å². The van der Waals surface area contributed by atoms with E-state index in [2.05, 4.69) is 10.5 Å². The summed E-state index contributed by atoms with van der Waals surface area (Å²) in [5, 5.41) is 3.85. The lowest BCUT2D eigenvalue weighted by atomic mass is 10.1. The van der Waals surface area contributed by atoms with Gasteiger partial charge in [-0.05, 0) is 20.5 Å². The highest BCUT2D eigenvalue weighted by atomic mass is 16.2. The van der Waals surface area contributed by atoms with E-state index in [1.54, 1.807) is 4.90 Å². The molecule has 0 unspecified atom stereocenters. The maximum Gasteiger partial charge on any atom is 0.270 e. The van der Waals surface area contributed by atoms with Crippen molar-refractivity contribution in [1.82, 2.24) is 15.2 Å². The smallest absolute Gasteiger partial charge is 0.270 e. The zero-order chi connectivity index (χ0) is 13.5. The molecule has 1 heterocycles. The molecular weight excluding hydrogens is 232 g/mol. The highest BCUT2D eigenvalue weighted by Gasteiger charge is 2.22. The molecule has 1 aliphatic rings. The third-order valence-corrected chi connectivity index (χ3v) is 2.75. The van der Waals surface area contributed by atoms with Crippen molar-refractivity contribution in [2.75, 3.05) is 33.7 Å². The number of nitrogens with one attached hydrogen (secondary N) is 1. The Balaban J connectivity index is 2.61. The summed E-state index contributed by atoms with van der Waals surface area (Å²) in [6, 6.07) is 0. The summed E-state index contributed by atoms with van der Waals surface area (Å²) >= 11 is 0. The topological polar surface area (TPSA) is 65.0 Å². The molecule has 0 aromatic heterocycles. The summed E-state index contributed by atoms with van der Waals surface area (Å²) in [7, 11) is 3.96. The van der Waals surface area contributed by atoms with Gasteiger partial charge in [0.15, 0.2) is 0 Å². The van der Waals surface area contributed by atoms with Crippen LogP contribution in [0.25, 0.3) is 0 Å². The van der Waals surface area contributed by atoms with Gasteiger partial charge in [-0.1, -0.05) is 6.92 Å². The molecule has 0 aromatic carbocycles. The molecule has 6 nitrogen and oxygen atoms in total. The summed E-state index contributed by atoms with van der Waals surface area (Å²) in [5.41, 5.74) is 2.83. The van der Waals surface area contributed by atoms with Gasteiger partial charge in [0.05, 0.1) is 0 Å². The van der Waals surface area contributed by atoms with Gasteiger partial charge in [-0.25, -0.2) is 5.43 Å². The van der Waals surface area contributed by atoms with Crippen molar-refractivity contribution in [1.29, 1.82) is 0 Å². The molecule has 0 saturated heterocycles. The maximum absolute atomic E-state index is 12.2. The van der Waals surface area contributed by atoms with Crippen LogP contribution in [-0.4, -0.2) is 61.1 Å². The fourth-order valence-corrected chi connectivity index (χ4v) is 1.72. The maximum atomic E-state index is 12.2. The Morgan fingerprint density at radius 1 is 1.28 bits per heavy atom. The van der Waals surface area contributed by atoms with Crippen LogP contribution in [0.3, 0.4) is 0 Å². The van der Waals surface area contributed by atoms with Gasteiger partial charge >= 0.3 is 0 Å². The van der Waals surface area contributed by atoms with Crippen molar-refractivity contribution in [2.45, 2.75) is 26.2 Å². The molecule has 1 rings (SSSR count). The minimum absolute atomic E-state index is 0.0568. The second-order valence-corrected chi connectivity index (χ2v) is 4.69. The fraction of sp³-hybridized carbons (Fsp3) is 0.750. The molecule has 0 atom stereocenters. The van der Waals surface area contributed by atoms with Crippen LogP contribution in [0.2, 0.25) is 0 Å². The first-order chi connectivity index (χ1) is 8.54. The predicted molar refractivity (Wildman–Crippen MR) is 70.2 cm³/mol. The number of hydrogen-bond donors (Lipinski definition) is 1. The first-order valence-electron chi connectivity index (χ1n) is 6.34. The molecule has 2 amide bonds. The van der Waals surface area contributed by atoms with Gasteiger partial charge in [-0.3, -0.25) is 9.59 Å². The zero-order valence-corrected chi connectivity index (χ0v) is 11.4. The minimum atomic E-state index is -0.123. The Kier molecular flexibility index (Phi) is 5.77. The lowest BCUT2D eigenvalue weighted by Crippen LogP contribution is -2.43. The molecule has 0 fully saturated rings. The standard InChI is InChI=1S/C12H22N4O2/c1-4-7-16(9-8-15(2)3)12(18)10-5-6-11(17)14-13-10/h4-9H2,1-3H3,(H,14,17). The Morgan fingerprint density at radius 3 is 2.50 bits per heavy atom. The highest BCUT2D eigenvalue weighted by Crippen LogP contribution is 2.04. The number of hydrazone groups is 1. The van der Waals surface area contributed by atoms with Crippen molar-refractivity contribution in [2.24, 2.45) is 5.10 Å². The van der Waals surface area contributed by atoms with Crippen LogP contribution >= 0.6 is 0 Å².